The number of hydrogen-bond acceptors (Lipinski definition) is 6. The van der Waals surface area contributed by atoms with Gasteiger partial charge in [0.2, 0.25) is 10.0 Å². The van der Waals surface area contributed by atoms with Crippen LogP contribution in [0.25, 0.3) is 0 Å². The number of piperidine rings is 1. The van der Waals surface area contributed by atoms with Gasteiger partial charge in [0.25, 0.3) is 5.91 Å². The number of benzene rings is 3. The largest absolute Gasteiger partial charge is 0.496 e. The lowest BCUT2D eigenvalue weighted by Gasteiger charge is -2.45. The van der Waals surface area contributed by atoms with Gasteiger partial charge in [0.05, 0.1) is 17.6 Å². The molecule has 3 aromatic rings. The monoisotopic (exact) mass is 609 g/mol. The maximum absolute atomic E-state index is 14.7. The average molecular weight is 610 g/mol. The second-order valence-corrected chi connectivity index (χ2v) is 13.2. The van der Waals surface area contributed by atoms with Gasteiger partial charge in [0.15, 0.2) is 0 Å². The van der Waals surface area contributed by atoms with Crippen molar-refractivity contribution in [2.45, 2.75) is 50.0 Å². The lowest BCUT2D eigenvalue weighted by atomic mass is 9.73. The molecule has 2 aliphatic rings. The van der Waals surface area contributed by atoms with Gasteiger partial charge in [-0.2, -0.15) is 0 Å². The fraction of sp³-hybridized carbons (Fsp3) is 0.424. The van der Waals surface area contributed by atoms with Crippen molar-refractivity contribution < 1.29 is 27.1 Å². The van der Waals surface area contributed by atoms with Crippen molar-refractivity contribution in [3.05, 3.63) is 89.2 Å². The summed E-state index contributed by atoms with van der Waals surface area (Å²) >= 11 is 0. The number of sulfonamides is 1. The van der Waals surface area contributed by atoms with Crippen LogP contribution in [0.15, 0.2) is 71.6 Å². The number of nitrogens with two attached hydrogens (primary N) is 1. The Morgan fingerprint density at radius 3 is 2.49 bits per heavy atom. The van der Waals surface area contributed by atoms with Crippen molar-refractivity contribution >= 4 is 15.9 Å². The zero-order valence-electron chi connectivity index (χ0n) is 24.6. The normalized spacial score (nSPS) is 18.2. The number of aryl methyl sites for hydroxylation is 1. The van der Waals surface area contributed by atoms with Crippen LogP contribution in [0.3, 0.4) is 0 Å². The lowest BCUT2D eigenvalue weighted by Crippen LogP contribution is -2.48. The number of fused-ring (bicyclic) bond motifs is 1. The highest BCUT2D eigenvalue weighted by molar-refractivity contribution is 7.89. The average Bonchev–Trinajstić information content (AvgIpc) is 3.00. The van der Waals surface area contributed by atoms with Crippen LogP contribution in [0.1, 0.15) is 53.6 Å². The molecular weight excluding hydrogens is 569 g/mol. The summed E-state index contributed by atoms with van der Waals surface area (Å²) in [4.78, 5) is 17.6. The maximum Gasteiger partial charge on any atom is 0.257 e. The summed E-state index contributed by atoms with van der Waals surface area (Å²) in [6, 6.07) is 19.2. The molecule has 0 bridgehead atoms. The van der Waals surface area contributed by atoms with Crippen molar-refractivity contribution in [3.8, 4) is 11.5 Å². The highest BCUT2D eigenvalue weighted by Gasteiger charge is 2.38. The second-order valence-electron chi connectivity index (χ2n) is 11.7. The number of para-hydroxylation sites is 1. The molecule has 230 valence electrons. The standard InChI is InChI=1S/C33H40FN3O5S/c1-41-31-14-13-27(43(35,39)40)22-28(31)32(38)37-18-16-33(17-19-37)15-7-6-9-25-8-3-5-12-30(25)42-21-20-36(24-33)23-26-10-2-4-11-29(26)34/h2-5,8,10-14,22H,6-7,9,15-21,23-24H2,1H3,(H2,35,39,40). The van der Waals surface area contributed by atoms with Gasteiger partial charge in [-0.1, -0.05) is 42.8 Å². The minimum Gasteiger partial charge on any atom is -0.496 e. The van der Waals surface area contributed by atoms with Gasteiger partial charge in [-0.3, -0.25) is 9.69 Å². The first-order chi connectivity index (χ1) is 20.7. The molecule has 1 amide bonds. The molecule has 1 spiro atoms. The van der Waals surface area contributed by atoms with Crippen molar-refractivity contribution in [2.75, 3.05) is 39.9 Å². The fourth-order valence-electron chi connectivity index (χ4n) is 6.38. The predicted octanol–water partition coefficient (Wildman–Crippen LogP) is 5.01. The van der Waals surface area contributed by atoms with E-state index >= 15 is 0 Å². The summed E-state index contributed by atoms with van der Waals surface area (Å²) < 4.78 is 50.3. The molecule has 8 nitrogen and oxygen atoms in total. The highest BCUT2D eigenvalue weighted by atomic mass is 32.2. The van der Waals surface area contributed by atoms with E-state index in [0.717, 1.165) is 50.8 Å². The van der Waals surface area contributed by atoms with Gasteiger partial charge in [0, 0.05) is 38.3 Å². The SMILES string of the molecule is COc1ccc(S(N)(=O)=O)cc1C(=O)N1CCC2(CCCCc3ccccc3OCCN(Cc3ccccc3F)C2)CC1. The molecule has 3 aromatic carbocycles. The van der Waals surface area contributed by atoms with Crippen LogP contribution in [0.4, 0.5) is 4.39 Å². The summed E-state index contributed by atoms with van der Waals surface area (Å²) in [5, 5.41) is 5.33. The number of primary sulfonamides is 1. The third-order valence-corrected chi connectivity index (χ3v) is 9.70. The minimum atomic E-state index is -3.98. The summed E-state index contributed by atoms with van der Waals surface area (Å²) in [5.74, 6) is 0.723. The molecule has 2 N–H and O–H groups in total. The number of rotatable bonds is 5. The Labute approximate surface area is 253 Å². The molecule has 0 aliphatic carbocycles. The van der Waals surface area contributed by atoms with E-state index in [2.05, 4.69) is 11.0 Å². The van der Waals surface area contributed by atoms with E-state index in [4.69, 9.17) is 14.6 Å². The van der Waals surface area contributed by atoms with E-state index in [-0.39, 0.29) is 27.6 Å². The number of amides is 1. The Kier molecular flexibility index (Phi) is 9.68. The van der Waals surface area contributed by atoms with Crippen molar-refractivity contribution in [2.24, 2.45) is 10.6 Å². The number of halogens is 1. The molecule has 0 saturated carbocycles. The Morgan fingerprint density at radius 1 is 1.00 bits per heavy atom. The topological polar surface area (TPSA) is 102 Å². The van der Waals surface area contributed by atoms with E-state index in [1.54, 1.807) is 11.0 Å². The van der Waals surface area contributed by atoms with Crippen LogP contribution in [-0.4, -0.2) is 64.0 Å². The first-order valence-corrected chi connectivity index (χ1v) is 16.4. The van der Waals surface area contributed by atoms with Gasteiger partial charge in [-0.05, 0) is 73.4 Å². The van der Waals surface area contributed by atoms with Crippen LogP contribution in [0.2, 0.25) is 0 Å². The number of carbonyl (C=O) groups is 1. The van der Waals surface area contributed by atoms with Crippen LogP contribution >= 0.6 is 0 Å². The molecule has 0 aromatic heterocycles. The Balaban J connectivity index is 1.36. The number of ether oxygens (including phenoxy) is 2. The molecule has 43 heavy (non-hydrogen) atoms. The van der Waals surface area contributed by atoms with Crippen LogP contribution in [0.5, 0.6) is 11.5 Å². The number of likely N-dealkylation sites (tertiary alicyclic amines) is 1. The van der Waals surface area contributed by atoms with Crippen LogP contribution in [0, 0.1) is 11.2 Å². The predicted molar refractivity (Wildman–Crippen MR) is 163 cm³/mol. The zero-order chi connectivity index (χ0) is 30.5. The Bertz CT molecular complexity index is 1540. The number of hydrogen-bond donors (Lipinski definition) is 1. The summed E-state index contributed by atoms with van der Waals surface area (Å²) in [7, 11) is -2.53. The van der Waals surface area contributed by atoms with Crippen LogP contribution in [-0.2, 0) is 23.0 Å². The molecule has 2 heterocycles. The molecule has 1 saturated heterocycles. The van der Waals surface area contributed by atoms with Crippen LogP contribution < -0.4 is 14.6 Å². The molecule has 5 rings (SSSR count). The Morgan fingerprint density at radius 2 is 1.74 bits per heavy atom. The van der Waals surface area contributed by atoms with Gasteiger partial charge in [-0.25, -0.2) is 17.9 Å². The quantitative estimate of drug-likeness (QED) is 0.436. The van der Waals surface area contributed by atoms with Gasteiger partial charge >= 0.3 is 0 Å². The lowest BCUT2D eigenvalue weighted by molar-refractivity contribution is 0.0357. The third kappa shape index (κ3) is 7.55. The maximum atomic E-state index is 14.7. The number of methoxy groups -OCH3 is 1. The molecule has 0 atom stereocenters. The van der Waals surface area contributed by atoms with E-state index in [0.29, 0.717) is 44.1 Å². The first kappa shape index (κ1) is 31.0. The van der Waals surface area contributed by atoms with E-state index in [9.17, 15) is 17.6 Å². The summed E-state index contributed by atoms with van der Waals surface area (Å²) in [5.41, 5.74) is 1.97. The molecule has 1 fully saturated rings. The second kappa shape index (κ2) is 13.4. The van der Waals surface area contributed by atoms with E-state index < -0.39 is 10.0 Å². The molecule has 0 unspecified atom stereocenters. The van der Waals surface area contributed by atoms with Gasteiger partial charge in [0.1, 0.15) is 23.9 Å². The molecule has 10 heteroatoms. The summed E-state index contributed by atoms with van der Waals surface area (Å²) in [6.45, 7) is 3.41. The first-order valence-electron chi connectivity index (χ1n) is 14.8. The van der Waals surface area contributed by atoms with Crippen molar-refractivity contribution in [1.82, 2.24) is 9.80 Å². The van der Waals surface area contributed by atoms with Crippen molar-refractivity contribution in [1.29, 1.82) is 0 Å². The highest BCUT2D eigenvalue weighted by Crippen LogP contribution is 2.39. The van der Waals surface area contributed by atoms with Gasteiger partial charge < -0.3 is 14.4 Å². The van der Waals surface area contributed by atoms with E-state index in [1.807, 2.05) is 30.3 Å². The summed E-state index contributed by atoms with van der Waals surface area (Å²) in [6.07, 6.45) is 5.55. The number of carbonyl (C=O) groups excluding carboxylic acids is 1. The van der Waals surface area contributed by atoms with Gasteiger partial charge in [-0.15, -0.1) is 0 Å². The van der Waals surface area contributed by atoms with E-state index in [1.165, 1.54) is 36.9 Å². The zero-order valence-corrected chi connectivity index (χ0v) is 25.5. The smallest absolute Gasteiger partial charge is 0.257 e. The third-order valence-electron chi connectivity index (χ3n) is 8.79. The Hall–Kier alpha value is -3.47. The molecule has 2 aliphatic heterocycles. The molecular formula is C33H40FN3O5S. The number of nitrogens with zero attached hydrogens (tertiary/aromatic N) is 2. The fourth-order valence-corrected chi connectivity index (χ4v) is 6.92. The minimum absolute atomic E-state index is 0.0622. The van der Waals surface area contributed by atoms with Crippen molar-refractivity contribution in [3.63, 3.8) is 0 Å². The molecule has 0 radical (unpaired) electrons.